The molecule has 0 saturated carbocycles. The van der Waals surface area contributed by atoms with E-state index >= 15 is 0 Å². The largest absolute Gasteiger partial charge is 0.437 e. The molecule has 182 valence electrons. The summed E-state index contributed by atoms with van der Waals surface area (Å²) in [6.07, 6.45) is 6.36. The molecule has 0 bridgehead atoms. The third-order valence-corrected chi connectivity index (χ3v) is 7.10. The van der Waals surface area contributed by atoms with Crippen LogP contribution in [0.3, 0.4) is 0 Å². The van der Waals surface area contributed by atoms with Crippen LogP contribution in [0.1, 0.15) is 49.8 Å². The molecule has 0 aliphatic carbocycles. The summed E-state index contributed by atoms with van der Waals surface area (Å²) in [5.74, 6) is 1.66. The molecule has 8 nitrogen and oxygen atoms in total. The monoisotopic (exact) mass is 466 g/mol. The molecule has 2 amide bonds. The van der Waals surface area contributed by atoms with E-state index in [0.717, 1.165) is 24.3 Å². The molecule has 0 atom stereocenters. The Kier molecular flexibility index (Phi) is 7.46. The van der Waals surface area contributed by atoms with Gasteiger partial charge in [-0.2, -0.15) is 0 Å². The summed E-state index contributed by atoms with van der Waals surface area (Å²) >= 11 is 0. The Morgan fingerprint density at radius 3 is 2.29 bits per heavy atom. The number of methoxy groups -OCH3 is 1. The van der Waals surface area contributed by atoms with Crippen LogP contribution in [0.5, 0.6) is 11.6 Å². The van der Waals surface area contributed by atoms with E-state index in [1.165, 1.54) is 12.7 Å². The Morgan fingerprint density at radius 2 is 1.65 bits per heavy atom. The zero-order valence-corrected chi connectivity index (χ0v) is 20.3. The number of carbonyl (C=O) groups is 2. The van der Waals surface area contributed by atoms with Crippen molar-refractivity contribution in [2.24, 2.45) is 5.41 Å². The minimum absolute atomic E-state index is 0.00885. The molecular formula is C26H34N4O4. The summed E-state index contributed by atoms with van der Waals surface area (Å²) in [6.45, 7) is 6.74. The van der Waals surface area contributed by atoms with Gasteiger partial charge in [-0.1, -0.05) is 24.6 Å². The minimum Gasteiger partial charge on any atom is -0.437 e. The Balaban J connectivity index is 1.35. The molecule has 3 heterocycles. The van der Waals surface area contributed by atoms with Crippen LogP contribution in [-0.4, -0.2) is 71.5 Å². The lowest BCUT2D eigenvalue weighted by molar-refractivity contribution is -0.149. The van der Waals surface area contributed by atoms with E-state index in [1.807, 2.05) is 43.0 Å². The summed E-state index contributed by atoms with van der Waals surface area (Å²) in [5.41, 5.74) is 1.60. The number of aromatic nitrogens is 2. The average molecular weight is 467 g/mol. The number of hydrogen-bond donors (Lipinski definition) is 0. The van der Waals surface area contributed by atoms with Gasteiger partial charge in [0.15, 0.2) is 0 Å². The maximum Gasteiger partial charge on any atom is 0.248 e. The van der Waals surface area contributed by atoms with Gasteiger partial charge in [0.25, 0.3) is 0 Å². The van der Waals surface area contributed by atoms with Crippen molar-refractivity contribution < 1.29 is 19.1 Å². The summed E-state index contributed by atoms with van der Waals surface area (Å²) in [5, 5.41) is 0. The van der Waals surface area contributed by atoms with Crippen LogP contribution in [0, 0.1) is 12.3 Å². The van der Waals surface area contributed by atoms with Crippen molar-refractivity contribution in [3.8, 4) is 11.6 Å². The molecule has 0 unspecified atom stereocenters. The molecule has 0 spiro atoms. The van der Waals surface area contributed by atoms with Crippen molar-refractivity contribution in [3.05, 3.63) is 47.9 Å². The number of benzene rings is 1. The van der Waals surface area contributed by atoms with E-state index in [1.54, 1.807) is 17.3 Å². The lowest BCUT2D eigenvalue weighted by atomic mass is 9.78. The zero-order chi connectivity index (χ0) is 24.1. The van der Waals surface area contributed by atoms with Crippen LogP contribution in [0.2, 0.25) is 0 Å². The van der Waals surface area contributed by atoms with Gasteiger partial charge in [0.05, 0.1) is 0 Å². The second-order valence-corrected chi connectivity index (χ2v) is 9.60. The van der Waals surface area contributed by atoms with Gasteiger partial charge < -0.3 is 19.3 Å². The van der Waals surface area contributed by atoms with Crippen LogP contribution >= 0.6 is 0 Å². The highest BCUT2D eigenvalue weighted by atomic mass is 16.5. The topological polar surface area (TPSA) is 84.9 Å². The molecule has 0 N–H and O–H groups in total. The average Bonchev–Trinajstić information content (AvgIpc) is 2.86. The number of hydrogen-bond acceptors (Lipinski definition) is 6. The Bertz CT molecular complexity index is 994. The van der Waals surface area contributed by atoms with Crippen molar-refractivity contribution >= 4 is 11.8 Å². The number of carbonyl (C=O) groups excluding carboxylic acids is 2. The molecule has 8 heteroatoms. The molecule has 1 aromatic heterocycles. The van der Waals surface area contributed by atoms with Gasteiger partial charge in [-0.25, -0.2) is 4.98 Å². The summed E-state index contributed by atoms with van der Waals surface area (Å²) in [6, 6.07) is 7.88. The lowest BCUT2D eigenvalue weighted by Gasteiger charge is -2.42. The number of aryl methyl sites for hydroxylation is 1. The van der Waals surface area contributed by atoms with Crippen LogP contribution in [0.25, 0.3) is 0 Å². The Hall–Kier alpha value is -3.00. The van der Waals surface area contributed by atoms with Gasteiger partial charge in [-0.15, -0.1) is 0 Å². The predicted molar refractivity (Wildman–Crippen MR) is 128 cm³/mol. The molecule has 34 heavy (non-hydrogen) atoms. The van der Waals surface area contributed by atoms with Crippen LogP contribution in [0.4, 0.5) is 0 Å². The first-order valence-electron chi connectivity index (χ1n) is 12.0. The van der Waals surface area contributed by atoms with E-state index in [2.05, 4.69) is 9.97 Å². The highest BCUT2D eigenvalue weighted by Gasteiger charge is 2.41. The maximum atomic E-state index is 13.4. The third-order valence-electron chi connectivity index (χ3n) is 7.10. The molecule has 4 rings (SSSR count). The van der Waals surface area contributed by atoms with Gasteiger partial charge in [-0.05, 0) is 44.7 Å². The van der Waals surface area contributed by atoms with Gasteiger partial charge in [-0.3, -0.25) is 14.6 Å². The molecule has 1 aromatic carbocycles. The van der Waals surface area contributed by atoms with Gasteiger partial charge >= 0.3 is 0 Å². The van der Waals surface area contributed by atoms with Crippen LogP contribution < -0.4 is 4.74 Å². The molecule has 2 aliphatic rings. The second-order valence-electron chi connectivity index (χ2n) is 9.60. The third kappa shape index (κ3) is 5.38. The quantitative estimate of drug-likeness (QED) is 0.647. The van der Waals surface area contributed by atoms with Crippen molar-refractivity contribution in [2.45, 2.75) is 45.4 Å². The number of amides is 2. The normalized spacial score (nSPS) is 18.6. The number of piperidine rings is 2. The first-order chi connectivity index (χ1) is 16.4. The fourth-order valence-corrected chi connectivity index (χ4v) is 4.83. The van der Waals surface area contributed by atoms with Gasteiger partial charge in [0.1, 0.15) is 18.1 Å². The van der Waals surface area contributed by atoms with E-state index in [-0.39, 0.29) is 24.3 Å². The number of ether oxygens (including phenoxy) is 2. The first kappa shape index (κ1) is 24.1. The minimum atomic E-state index is -0.428. The zero-order valence-electron chi connectivity index (χ0n) is 20.3. The lowest BCUT2D eigenvalue weighted by Crippen LogP contribution is -2.52. The molecular weight excluding hydrogens is 432 g/mol. The predicted octanol–water partition coefficient (Wildman–Crippen LogP) is 3.56. The number of nitrogens with zero attached hydrogens (tertiary/aromatic N) is 4. The fourth-order valence-electron chi connectivity index (χ4n) is 4.83. The van der Waals surface area contributed by atoms with Crippen molar-refractivity contribution in [2.75, 3.05) is 39.9 Å². The maximum absolute atomic E-state index is 13.4. The van der Waals surface area contributed by atoms with Crippen molar-refractivity contribution in [1.29, 1.82) is 0 Å². The number of rotatable bonds is 6. The van der Waals surface area contributed by atoms with Gasteiger partial charge in [0.2, 0.25) is 17.7 Å². The van der Waals surface area contributed by atoms with E-state index in [4.69, 9.17) is 9.47 Å². The first-order valence-corrected chi connectivity index (χ1v) is 12.0. The molecule has 2 fully saturated rings. The van der Waals surface area contributed by atoms with E-state index < -0.39 is 5.41 Å². The van der Waals surface area contributed by atoms with Crippen LogP contribution in [0.15, 0.2) is 36.7 Å². The summed E-state index contributed by atoms with van der Waals surface area (Å²) in [7, 11) is 1.53. The highest BCUT2D eigenvalue weighted by Crippen LogP contribution is 2.37. The summed E-state index contributed by atoms with van der Waals surface area (Å²) in [4.78, 5) is 38.3. The van der Waals surface area contributed by atoms with E-state index in [0.29, 0.717) is 44.9 Å². The van der Waals surface area contributed by atoms with Crippen molar-refractivity contribution in [3.63, 3.8) is 0 Å². The van der Waals surface area contributed by atoms with Crippen LogP contribution in [-0.2, 0) is 14.3 Å². The second kappa shape index (κ2) is 10.5. The molecule has 2 aliphatic heterocycles. The molecule has 0 radical (unpaired) electrons. The highest BCUT2D eigenvalue weighted by molar-refractivity contribution is 5.83. The molecule has 2 aromatic rings. The smallest absolute Gasteiger partial charge is 0.248 e. The fraction of sp³-hybridized carbons (Fsp3) is 0.538. The Morgan fingerprint density at radius 1 is 1.00 bits per heavy atom. The number of likely N-dealkylation sites (tertiary alicyclic amines) is 2. The molecule has 2 saturated heterocycles. The van der Waals surface area contributed by atoms with Crippen molar-refractivity contribution in [1.82, 2.24) is 19.8 Å². The SMILES string of the molecule is COCC(=O)N1CCC(C)(C(=O)N2CCC(c3nccnc3Oc3ccc(C)cc3)CC2)CC1. The summed E-state index contributed by atoms with van der Waals surface area (Å²) < 4.78 is 11.0. The van der Waals surface area contributed by atoms with Gasteiger partial charge in [0, 0.05) is 57.0 Å². The Labute approximate surface area is 201 Å². The van der Waals surface area contributed by atoms with E-state index in [9.17, 15) is 9.59 Å². The standard InChI is InChI=1S/C26H34N4O4/c1-19-4-6-21(7-5-19)34-24-23(27-12-13-28-24)20-8-14-30(15-9-20)25(32)26(2)10-16-29(17-11-26)22(31)18-33-3/h4-7,12-13,20H,8-11,14-18H2,1-3H3.